The lowest BCUT2D eigenvalue weighted by Crippen LogP contribution is -2.43. The number of guanidine groups is 1. The molecule has 2 fully saturated rings. The first-order valence-corrected chi connectivity index (χ1v) is 12.1. The SMILES string of the molecule is CN=C(NCc1cccc(OCCN(C)C2CCOCC2)c1)NCC1(C)CCCS1.I. The van der Waals surface area contributed by atoms with Crippen molar-refractivity contribution in [2.75, 3.05) is 52.8 Å². The largest absolute Gasteiger partial charge is 0.492 e. The summed E-state index contributed by atoms with van der Waals surface area (Å²) < 4.78 is 11.8. The standard InChI is InChI=1S/C23H38N4O2S.HI/c1-23(10-5-15-30-23)18-26-22(24-2)25-17-19-6-4-7-21(16-19)29-14-11-27(3)20-8-12-28-13-9-20;/h4,6-7,16,20H,5,8-15,17-18H2,1-3H3,(H2,24,25,26);1H. The number of halogens is 1. The summed E-state index contributed by atoms with van der Waals surface area (Å²) in [6.07, 6.45) is 4.81. The van der Waals surface area contributed by atoms with Crippen LogP contribution >= 0.6 is 35.7 Å². The van der Waals surface area contributed by atoms with E-state index < -0.39 is 0 Å². The van der Waals surface area contributed by atoms with Gasteiger partial charge in [0.1, 0.15) is 12.4 Å². The zero-order chi connectivity index (χ0) is 21.2. The molecule has 1 atom stereocenters. The third-order valence-electron chi connectivity index (χ3n) is 6.04. The second-order valence-corrected chi connectivity index (χ2v) is 10.2. The van der Waals surface area contributed by atoms with Crippen molar-refractivity contribution < 1.29 is 9.47 Å². The number of aliphatic imine (C=N–C) groups is 1. The van der Waals surface area contributed by atoms with Crippen LogP contribution in [0.4, 0.5) is 0 Å². The number of ether oxygens (including phenoxy) is 2. The zero-order valence-electron chi connectivity index (χ0n) is 19.2. The van der Waals surface area contributed by atoms with Crippen LogP contribution < -0.4 is 15.4 Å². The monoisotopic (exact) mass is 562 g/mol. The Bertz CT molecular complexity index is 679. The van der Waals surface area contributed by atoms with Gasteiger partial charge in [0, 0.05) is 50.7 Å². The highest BCUT2D eigenvalue weighted by molar-refractivity contribution is 14.0. The molecule has 0 amide bonds. The highest BCUT2D eigenvalue weighted by Gasteiger charge is 2.29. The predicted octanol–water partition coefficient (Wildman–Crippen LogP) is 3.74. The van der Waals surface area contributed by atoms with Crippen LogP contribution in [0.1, 0.15) is 38.2 Å². The fraction of sp³-hybridized carbons (Fsp3) is 0.696. The predicted molar refractivity (Wildman–Crippen MR) is 142 cm³/mol. The van der Waals surface area contributed by atoms with Crippen LogP contribution in [-0.2, 0) is 11.3 Å². The van der Waals surface area contributed by atoms with E-state index in [4.69, 9.17) is 9.47 Å². The Morgan fingerprint density at radius 3 is 2.84 bits per heavy atom. The highest BCUT2D eigenvalue weighted by atomic mass is 127. The van der Waals surface area contributed by atoms with Gasteiger partial charge in [-0.1, -0.05) is 12.1 Å². The van der Waals surface area contributed by atoms with Crippen molar-refractivity contribution in [3.05, 3.63) is 29.8 Å². The zero-order valence-corrected chi connectivity index (χ0v) is 22.3. The van der Waals surface area contributed by atoms with Gasteiger partial charge in [0.25, 0.3) is 0 Å². The van der Waals surface area contributed by atoms with E-state index in [1.807, 2.05) is 13.1 Å². The van der Waals surface area contributed by atoms with E-state index in [0.717, 1.165) is 57.4 Å². The number of rotatable bonds is 9. The second-order valence-electron chi connectivity index (χ2n) is 8.50. The first-order chi connectivity index (χ1) is 14.6. The van der Waals surface area contributed by atoms with Crippen molar-refractivity contribution in [3.8, 4) is 5.75 Å². The molecule has 31 heavy (non-hydrogen) atoms. The lowest BCUT2D eigenvalue weighted by atomic mass is 10.1. The molecule has 1 aromatic rings. The molecule has 0 radical (unpaired) electrons. The fourth-order valence-corrected chi connectivity index (χ4v) is 5.26. The topological polar surface area (TPSA) is 58.1 Å². The molecule has 0 aromatic heterocycles. The maximum Gasteiger partial charge on any atom is 0.191 e. The number of benzene rings is 1. The smallest absolute Gasteiger partial charge is 0.191 e. The third-order valence-corrected chi connectivity index (χ3v) is 7.58. The molecule has 8 heteroatoms. The van der Waals surface area contributed by atoms with Gasteiger partial charge in [-0.05, 0) is 63.1 Å². The Kier molecular flexibility index (Phi) is 11.8. The quantitative estimate of drug-likeness (QED) is 0.272. The number of nitrogens with one attached hydrogen (secondary N) is 2. The van der Waals surface area contributed by atoms with Crippen molar-refractivity contribution in [2.24, 2.45) is 4.99 Å². The summed E-state index contributed by atoms with van der Waals surface area (Å²) in [5, 5.41) is 6.91. The number of hydrogen-bond donors (Lipinski definition) is 2. The van der Waals surface area contributed by atoms with Gasteiger partial charge in [-0.25, -0.2) is 0 Å². The molecule has 1 aromatic carbocycles. The summed E-state index contributed by atoms with van der Waals surface area (Å²) in [6, 6.07) is 8.93. The Morgan fingerprint density at radius 1 is 1.32 bits per heavy atom. The molecule has 1 unspecified atom stereocenters. The van der Waals surface area contributed by atoms with Gasteiger partial charge in [0.15, 0.2) is 5.96 Å². The molecule has 2 aliphatic rings. The van der Waals surface area contributed by atoms with E-state index in [1.165, 1.54) is 24.2 Å². The van der Waals surface area contributed by atoms with E-state index in [9.17, 15) is 0 Å². The maximum absolute atomic E-state index is 6.02. The van der Waals surface area contributed by atoms with Crippen LogP contribution in [0.25, 0.3) is 0 Å². The summed E-state index contributed by atoms with van der Waals surface area (Å²) >= 11 is 2.06. The molecule has 3 rings (SSSR count). The third kappa shape index (κ3) is 8.98. The molecular weight excluding hydrogens is 523 g/mol. The van der Waals surface area contributed by atoms with Gasteiger partial charge in [0.2, 0.25) is 0 Å². The summed E-state index contributed by atoms with van der Waals surface area (Å²) in [5.74, 6) is 3.04. The number of likely N-dealkylation sites (N-methyl/N-ethyl adjacent to an activating group) is 1. The first-order valence-electron chi connectivity index (χ1n) is 11.2. The Labute approximate surface area is 209 Å². The van der Waals surface area contributed by atoms with Crippen LogP contribution in [0.15, 0.2) is 29.3 Å². The second kappa shape index (κ2) is 13.7. The molecule has 6 nitrogen and oxygen atoms in total. The van der Waals surface area contributed by atoms with E-state index in [1.54, 1.807) is 0 Å². The van der Waals surface area contributed by atoms with Crippen molar-refractivity contribution in [1.29, 1.82) is 0 Å². The summed E-state index contributed by atoms with van der Waals surface area (Å²) in [7, 11) is 4.01. The van der Waals surface area contributed by atoms with Crippen molar-refractivity contribution in [1.82, 2.24) is 15.5 Å². The van der Waals surface area contributed by atoms with Gasteiger partial charge in [0.05, 0.1) is 0 Å². The molecule has 0 saturated carbocycles. The van der Waals surface area contributed by atoms with Gasteiger partial charge >= 0.3 is 0 Å². The number of hydrogen-bond acceptors (Lipinski definition) is 5. The molecular formula is C23H39IN4O2S. The van der Waals surface area contributed by atoms with Crippen molar-refractivity contribution in [3.63, 3.8) is 0 Å². The van der Waals surface area contributed by atoms with Gasteiger partial charge in [-0.3, -0.25) is 9.89 Å². The van der Waals surface area contributed by atoms with E-state index in [0.29, 0.717) is 17.4 Å². The fourth-order valence-electron chi connectivity index (χ4n) is 4.01. The summed E-state index contributed by atoms with van der Waals surface area (Å²) in [5.41, 5.74) is 1.19. The maximum atomic E-state index is 6.02. The Hall–Kier alpha value is -0.710. The molecule has 2 heterocycles. The molecule has 2 N–H and O–H groups in total. The lowest BCUT2D eigenvalue weighted by molar-refractivity contribution is 0.0392. The van der Waals surface area contributed by atoms with Crippen LogP contribution in [0.2, 0.25) is 0 Å². The van der Waals surface area contributed by atoms with E-state index >= 15 is 0 Å². The Morgan fingerprint density at radius 2 is 2.13 bits per heavy atom. The summed E-state index contributed by atoms with van der Waals surface area (Å²) in [4.78, 5) is 6.77. The molecule has 176 valence electrons. The lowest BCUT2D eigenvalue weighted by Gasteiger charge is -2.31. The summed E-state index contributed by atoms with van der Waals surface area (Å²) in [6.45, 7) is 7.39. The molecule has 2 saturated heterocycles. The minimum absolute atomic E-state index is 0. The van der Waals surface area contributed by atoms with Crippen LogP contribution in [0.5, 0.6) is 5.75 Å². The number of thioether (sulfide) groups is 1. The van der Waals surface area contributed by atoms with E-state index in [-0.39, 0.29) is 24.0 Å². The van der Waals surface area contributed by atoms with Crippen LogP contribution in [0, 0.1) is 0 Å². The average Bonchev–Trinajstić information content (AvgIpc) is 3.21. The highest BCUT2D eigenvalue weighted by Crippen LogP contribution is 2.36. The van der Waals surface area contributed by atoms with Crippen LogP contribution in [-0.4, -0.2) is 74.4 Å². The van der Waals surface area contributed by atoms with Crippen LogP contribution in [0.3, 0.4) is 0 Å². The molecule has 0 spiro atoms. The van der Waals surface area contributed by atoms with Gasteiger partial charge in [-0.15, -0.1) is 24.0 Å². The molecule has 2 aliphatic heterocycles. The Balaban J connectivity index is 0.00000341. The normalized spacial score (nSPS) is 22.3. The number of nitrogens with zero attached hydrogens (tertiary/aromatic N) is 2. The van der Waals surface area contributed by atoms with Gasteiger partial charge in [-0.2, -0.15) is 11.8 Å². The van der Waals surface area contributed by atoms with Crippen molar-refractivity contribution in [2.45, 2.75) is 49.9 Å². The first kappa shape index (κ1) is 26.5. The molecule has 0 bridgehead atoms. The van der Waals surface area contributed by atoms with Gasteiger partial charge < -0.3 is 20.1 Å². The molecule has 0 aliphatic carbocycles. The minimum atomic E-state index is 0. The van der Waals surface area contributed by atoms with E-state index in [2.05, 4.69) is 64.5 Å². The average molecular weight is 563 g/mol. The van der Waals surface area contributed by atoms with Crippen molar-refractivity contribution >= 4 is 41.7 Å². The minimum Gasteiger partial charge on any atom is -0.492 e.